The van der Waals surface area contributed by atoms with E-state index in [1.165, 1.54) is 22.2 Å². The lowest BCUT2D eigenvalue weighted by Crippen LogP contribution is -2.01. The van der Waals surface area contributed by atoms with Crippen LogP contribution in [0.3, 0.4) is 0 Å². The molecule has 0 aliphatic heterocycles. The summed E-state index contributed by atoms with van der Waals surface area (Å²) in [5, 5.41) is 0.634. The SMILES string of the molecule is C=C(N)SC(CCN)=C(C)C. The summed E-state index contributed by atoms with van der Waals surface area (Å²) in [6, 6.07) is 0. The van der Waals surface area contributed by atoms with Crippen molar-refractivity contribution in [3.8, 4) is 0 Å². The Morgan fingerprint density at radius 2 is 2.00 bits per heavy atom. The molecule has 64 valence electrons. The molecule has 0 saturated carbocycles. The van der Waals surface area contributed by atoms with Crippen LogP contribution in [0.1, 0.15) is 20.3 Å². The van der Waals surface area contributed by atoms with Gasteiger partial charge in [-0.25, -0.2) is 0 Å². The average molecular weight is 172 g/mol. The Kier molecular flexibility index (Phi) is 5.07. The minimum absolute atomic E-state index is 0.634. The zero-order chi connectivity index (χ0) is 8.85. The lowest BCUT2D eigenvalue weighted by Gasteiger charge is -2.06. The molecule has 0 aromatic heterocycles. The van der Waals surface area contributed by atoms with Gasteiger partial charge in [-0.3, -0.25) is 0 Å². The van der Waals surface area contributed by atoms with Gasteiger partial charge in [0.25, 0.3) is 0 Å². The largest absolute Gasteiger partial charge is 0.394 e. The van der Waals surface area contributed by atoms with Crippen molar-refractivity contribution in [3.63, 3.8) is 0 Å². The third kappa shape index (κ3) is 4.93. The molecule has 0 amide bonds. The highest BCUT2D eigenvalue weighted by Crippen LogP contribution is 2.25. The van der Waals surface area contributed by atoms with E-state index in [1.807, 2.05) is 0 Å². The van der Waals surface area contributed by atoms with Gasteiger partial charge in [-0.1, -0.05) is 23.9 Å². The molecule has 0 spiro atoms. The minimum atomic E-state index is 0.634. The third-order valence-electron chi connectivity index (χ3n) is 1.18. The van der Waals surface area contributed by atoms with Gasteiger partial charge in [0.15, 0.2) is 0 Å². The van der Waals surface area contributed by atoms with Crippen molar-refractivity contribution in [3.05, 3.63) is 22.1 Å². The monoisotopic (exact) mass is 172 g/mol. The van der Waals surface area contributed by atoms with E-state index in [1.54, 1.807) is 0 Å². The summed E-state index contributed by atoms with van der Waals surface area (Å²) in [6.07, 6.45) is 0.892. The summed E-state index contributed by atoms with van der Waals surface area (Å²) in [5.41, 5.74) is 12.2. The van der Waals surface area contributed by atoms with E-state index in [-0.39, 0.29) is 0 Å². The van der Waals surface area contributed by atoms with Gasteiger partial charge >= 0.3 is 0 Å². The molecule has 11 heavy (non-hydrogen) atoms. The molecule has 2 nitrogen and oxygen atoms in total. The molecule has 0 bridgehead atoms. The lowest BCUT2D eigenvalue weighted by molar-refractivity contribution is 0.982. The molecule has 0 unspecified atom stereocenters. The summed E-state index contributed by atoms with van der Waals surface area (Å²) in [6.45, 7) is 8.41. The fraction of sp³-hybridized carbons (Fsp3) is 0.500. The third-order valence-corrected chi connectivity index (χ3v) is 2.30. The normalized spacial score (nSPS) is 9.36. The van der Waals surface area contributed by atoms with Crippen LogP contribution in [0.4, 0.5) is 0 Å². The predicted molar refractivity (Wildman–Crippen MR) is 53.0 cm³/mol. The van der Waals surface area contributed by atoms with Crippen molar-refractivity contribution in [2.75, 3.05) is 6.54 Å². The Morgan fingerprint density at radius 3 is 2.27 bits per heavy atom. The van der Waals surface area contributed by atoms with Crippen molar-refractivity contribution in [2.24, 2.45) is 11.5 Å². The summed E-state index contributed by atoms with van der Waals surface area (Å²) in [4.78, 5) is 1.24. The maximum Gasteiger partial charge on any atom is 0.0627 e. The Hall–Kier alpha value is -0.410. The van der Waals surface area contributed by atoms with Crippen LogP contribution in [0.15, 0.2) is 22.1 Å². The Labute approximate surface area is 72.7 Å². The first-order chi connectivity index (χ1) is 5.07. The van der Waals surface area contributed by atoms with Gasteiger partial charge in [0.1, 0.15) is 0 Å². The second kappa shape index (κ2) is 5.27. The molecular formula is C8H16N2S. The molecule has 0 aliphatic rings. The van der Waals surface area contributed by atoms with E-state index in [9.17, 15) is 0 Å². The van der Waals surface area contributed by atoms with Crippen LogP contribution in [0.25, 0.3) is 0 Å². The topological polar surface area (TPSA) is 52.0 Å². The minimum Gasteiger partial charge on any atom is -0.394 e. The zero-order valence-corrected chi connectivity index (χ0v) is 8.00. The van der Waals surface area contributed by atoms with Gasteiger partial charge in [0.05, 0.1) is 5.03 Å². The number of nitrogens with two attached hydrogens (primary N) is 2. The molecule has 0 rings (SSSR count). The van der Waals surface area contributed by atoms with E-state index in [0.717, 1.165) is 6.42 Å². The lowest BCUT2D eigenvalue weighted by atomic mass is 10.3. The highest BCUT2D eigenvalue weighted by molar-refractivity contribution is 8.06. The van der Waals surface area contributed by atoms with Gasteiger partial charge in [-0.2, -0.15) is 0 Å². The number of allylic oxidation sites excluding steroid dienone is 1. The van der Waals surface area contributed by atoms with Gasteiger partial charge in [0, 0.05) is 0 Å². The quantitative estimate of drug-likeness (QED) is 0.679. The summed E-state index contributed by atoms with van der Waals surface area (Å²) < 4.78 is 0. The smallest absolute Gasteiger partial charge is 0.0627 e. The van der Waals surface area contributed by atoms with E-state index in [0.29, 0.717) is 11.6 Å². The number of rotatable bonds is 4. The highest BCUT2D eigenvalue weighted by Gasteiger charge is 1.99. The molecule has 0 atom stereocenters. The first-order valence-electron chi connectivity index (χ1n) is 3.56. The maximum absolute atomic E-state index is 5.45. The molecule has 0 heterocycles. The number of hydrogen-bond donors (Lipinski definition) is 2. The number of hydrogen-bond acceptors (Lipinski definition) is 3. The fourth-order valence-electron chi connectivity index (χ4n) is 0.692. The Balaban J connectivity index is 4.13. The molecule has 3 heteroatoms. The molecule has 0 aromatic carbocycles. The van der Waals surface area contributed by atoms with Crippen LogP contribution >= 0.6 is 11.8 Å². The van der Waals surface area contributed by atoms with Crippen LogP contribution in [0, 0.1) is 0 Å². The van der Waals surface area contributed by atoms with Crippen LogP contribution in [-0.4, -0.2) is 6.54 Å². The van der Waals surface area contributed by atoms with Crippen molar-refractivity contribution in [1.82, 2.24) is 0 Å². The summed E-state index contributed by atoms with van der Waals surface area (Å²) >= 11 is 1.52. The van der Waals surface area contributed by atoms with E-state index in [4.69, 9.17) is 11.5 Å². The molecule has 0 aromatic rings. The second-order valence-corrected chi connectivity index (χ2v) is 3.75. The molecular weight excluding hydrogens is 156 g/mol. The van der Waals surface area contributed by atoms with E-state index in [2.05, 4.69) is 20.4 Å². The highest BCUT2D eigenvalue weighted by atomic mass is 32.2. The van der Waals surface area contributed by atoms with Crippen molar-refractivity contribution < 1.29 is 0 Å². The average Bonchev–Trinajstić information content (AvgIpc) is 1.86. The summed E-state index contributed by atoms with van der Waals surface area (Å²) in [5.74, 6) is 0. The molecule has 0 aliphatic carbocycles. The van der Waals surface area contributed by atoms with E-state index < -0.39 is 0 Å². The van der Waals surface area contributed by atoms with Crippen molar-refractivity contribution in [1.29, 1.82) is 0 Å². The van der Waals surface area contributed by atoms with Crippen molar-refractivity contribution in [2.45, 2.75) is 20.3 Å². The van der Waals surface area contributed by atoms with Crippen LogP contribution in [-0.2, 0) is 0 Å². The van der Waals surface area contributed by atoms with Crippen LogP contribution < -0.4 is 11.5 Å². The molecule has 0 radical (unpaired) electrons. The molecule has 4 N–H and O–H groups in total. The van der Waals surface area contributed by atoms with Gasteiger partial charge in [-0.05, 0) is 31.7 Å². The second-order valence-electron chi connectivity index (χ2n) is 2.53. The maximum atomic E-state index is 5.45. The standard InChI is InChI=1S/C8H16N2S/c1-6(2)8(4-5-9)11-7(3)10/h3-5,9-10H2,1-2H3. The molecule has 0 fully saturated rings. The van der Waals surface area contributed by atoms with Gasteiger partial charge < -0.3 is 11.5 Å². The Morgan fingerprint density at radius 1 is 1.45 bits per heavy atom. The number of thioether (sulfide) groups is 1. The van der Waals surface area contributed by atoms with Crippen LogP contribution in [0.2, 0.25) is 0 Å². The predicted octanol–water partition coefficient (Wildman–Crippen LogP) is 1.79. The Bertz CT molecular complexity index is 169. The summed E-state index contributed by atoms with van der Waals surface area (Å²) in [7, 11) is 0. The van der Waals surface area contributed by atoms with E-state index >= 15 is 0 Å². The fourth-order valence-corrected chi connectivity index (χ4v) is 1.43. The van der Waals surface area contributed by atoms with Gasteiger partial charge in [-0.15, -0.1) is 0 Å². The van der Waals surface area contributed by atoms with Crippen LogP contribution in [0.5, 0.6) is 0 Å². The molecule has 0 saturated heterocycles. The zero-order valence-electron chi connectivity index (χ0n) is 7.18. The van der Waals surface area contributed by atoms with Crippen molar-refractivity contribution >= 4 is 11.8 Å². The van der Waals surface area contributed by atoms with Gasteiger partial charge in [0.2, 0.25) is 0 Å². The first-order valence-corrected chi connectivity index (χ1v) is 4.38. The first kappa shape index (κ1) is 10.6.